The molecule has 0 saturated carbocycles. The fourth-order valence-corrected chi connectivity index (χ4v) is 2.48. The Morgan fingerprint density at radius 1 is 1.28 bits per heavy atom. The Morgan fingerprint density at radius 3 is 2.83 bits per heavy atom. The van der Waals surface area contributed by atoms with Crippen LogP contribution in [-0.2, 0) is 14.3 Å². The maximum absolute atomic E-state index is 11.7. The second kappa shape index (κ2) is 7.71. The number of nitrogens with one attached hydrogen (secondary N) is 2. The fourth-order valence-electron chi connectivity index (χ4n) is 2.48. The maximum atomic E-state index is 11.7. The van der Waals surface area contributed by atoms with Crippen LogP contribution >= 0.6 is 0 Å². The van der Waals surface area contributed by atoms with Crippen LogP contribution in [0, 0.1) is 5.92 Å². The summed E-state index contributed by atoms with van der Waals surface area (Å²) in [5.41, 5.74) is 0. The standard InChI is InChI=1S/C13H24N2O3/c16-13(2-1-11-3-5-14-6-4-11)15-9-12-10-17-7-8-18-12/h11-12,14H,1-10H2,(H,15,16). The van der Waals surface area contributed by atoms with E-state index in [0.29, 0.717) is 38.7 Å². The zero-order valence-electron chi connectivity index (χ0n) is 11.0. The van der Waals surface area contributed by atoms with E-state index in [-0.39, 0.29) is 12.0 Å². The Balaban J connectivity index is 1.54. The molecule has 5 heteroatoms. The number of hydrogen-bond donors (Lipinski definition) is 2. The fraction of sp³-hybridized carbons (Fsp3) is 0.923. The van der Waals surface area contributed by atoms with Crippen molar-refractivity contribution in [2.75, 3.05) is 39.5 Å². The summed E-state index contributed by atoms with van der Waals surface area (Å²) in [6, 6.07) is 0. The number of carbonyl (C=O) groups is 1. The summed E-state index contributed by atoms with van der Waals surface area (Å²) in [4.78, 5) is 11.7. The summed E-state index contributed by atoms with van der Waals surface area (Å²) in [5.74, 6) is 0.856. The van der Waals surface area contributed by atoms with Gasteiger partial charge in [-0.15, -0.1) is 0 Å². The molecule has 2 N–H and O–H groups in total. The number of hydrogen-bond acceptors (Lipinski definition) is 4. The second-order valence-corrected chi connectivity index (χ2v) is 5.10. The molecule has 104 valence electrons. The van der Waals surface area contributed by atoms with E-state index >= 15 is 0 Å². The Kier molecular flexibility index (Phi) is 5.90. The molecule has 0 aromatic rings. The summed E-state index contributed by atoms with van der Waals surface area (Å²) in [6.45, 7) is 4.66. The normalized spacial score (nSPS) is 25.9. The van der Waals surface area contributed by atoms with E-state index < -0.39 is 0 Å². The lowest BCUT2D eigenvalue weighted by Gasteiger charge is -2.24. The van der Waals surface area contributed by atoms with Gasteiger partial charge in [0, 0.05) is 13.0 Å². The van der Waals surface area contributed by atoms with E-state index in [1.54, 1.807) is 0 Å². The van der Waals surface area contributed by atoms with E-state index in [0.717, 1.165) is 19.5 Å². The minimum absolute atomic E-state index is 0.0292. The smallest absolute Gasteiger partial charge is 0.220 e. The zero-order chi connectivity index (χ0) is 12.6. The SMILES string of the molecule is O=C(CCC1CCNCC1)NCC1COCCO1. The van der Waals surface area contributed by atoms with Gasteiger partial charge in [0.2, 0.25) is 5.91 Å². The molecule has 18 heavy (non-hydrogen) atoms. The Bertz CT molecular complexity index is 225. The van der Waals surface area contributed by atoms with Crippen LogP contribution in [0.25, 0.3) is 0 Å². The van der Waals surface area contributed by atoms with Crippen LogP contribution in [0.2, 0.25) is 0 Å². The number of piperidine rings is 1. The molecule has 0 aliphatic carbocycles. The van der Waals surface area contributed by atoms with Gasteiger partial charge in [0.15, 0.2) is 0 Å². The van der Waals surface area contributed by atoms with Crippen LogP contribution in [-0.4, -0.2) is 51.5 Å². The van der Waals surface area contributed by atoms with E-state index in [9.17, 15) is 4.79 Å². The lowest BCUT2D eigenvalue weighted by atomic mass is 9.93. The second-order valence-electron chi connectivity index (χ2n) is 5.10. The van der Waals surface area contributed by atoms with Gasteiger partial charge >= 0.3 is 0 Å². The van der Waals surface area contributed by atoms with Crippen LogP contribution in [0.3, 0.4) is 0 Å². The van der Waals surface area contributed by atoms with Gasteiger partial charge in [0.05, 0.1) is 25.9 Å². The van der Waals surface area contributed by atoms with Crippen molar-refractivity contribution in [1.29, 1.82) is 0 Å². The van der Waals surface area contributed by atoms with Crippen LogP contribution in [0.5, 0.6) is 0 Å². The van der Waals surface area contributed by atoms with Crippen molar-refractivity contribution in [2.24, 2.45) is 5.92 Å². The molecule has 2 aliphatic rings. The molecule has 0 spiro atoms. The van der Waals surface area contributed by atoms with Crippen LogP contribution in [0.1, 0.15) is 25.7 Å². The van der Waals surface area contributed by atoms with Gasteiger partial charge in [-0.3, -0.25) is 4.79 Å². The maximum Gasteiger partial charge on any atom is 0.220 e. The molecule has 2 heterocycles. The molecule has 2 rings (SSSR count). The minimum Gasteiger partial charge on any atom is -0.376 e. The predicted molar refractivity (Wildman–Crippen MR) is 68.4 cm³/mol. The summed E-state index contributed by atoms with van der Waals surface area (Å²) in [5, 5.41) is 6.27. The van der Waals surface area contributed by atoms with Crippen molar-refractivity contribution in [2.45, 2.75) is 31.8 Å². The molecule has 2 saturated heterocycles. The van der Waals surface area contributed by atoms with Crippen molar-refractivity contribution < 1.29 is 14.3 Å². The number of amides is 1. The zero-order valence-corrected chi connectivity index (χ0v) is 11.0. The average molecular weight is 256 g/mol. The first-order valence-electron chi connectivity index (χ1n) is 7.01. The predicted octanol–water partition coefficient (Wildman–Crippen LogP) is 0.298. The molecule has 0 aromatic carbocycles. The number of rotatable bonds is 5. The van der Waals surface area contributed by atoms with Crippen LogP contribution in [0.4, 0.5) is 0 Å². The Labute approximate surface area is 109 Å². The van der Waals surface area contributed by atoms with Gasteiger partial charge in [-0.25, -0.2) is 0 Å². The lowest BCUT2D eigenvalue weighted by Crippen LogP contribution is -2.39. The van der Waals surface area contributed by atoms with E-state index in [1.807, 2.05) is 0 Å². The molecule has 2 fully saturated rings. The van der Waals surface area contributed by atoms with E-state index in [1.165, 1.54) is 12.8 Å². The highest BCUT2D eigenvalue weighted by Crippen LogP contribution is 2.17. The summed E-state index contributed by atoms with van der Waals surface area (Å²) in [6.07, 6.45) is 4.08. The van der Waals surface area contributed by atoms with Gasteiger partial charge in [-0.2, -0.15) is 0 Å². The summed E-state index contributed by atoms with van der Waals surface area (Å²) in [7, 11) is 0. The molecular weight excluding hydrogens is 232 g/mol. The monoisotopic (exact) mass is 256 g/mol. The lowest BCUT2D eigenvalue weighted by molar-refractivity contribution is -0.124. The molecule has 0 aromatic heterocycles. The third-order valence-corrected chi connectivity index (χ3v) is 3.65. The first kappa shape index (κ1) is 13.8. The van der Waals surface area contributed by atoms with Gasteiger partial charge in [-0.1, -0.05) is 0 Å². The molecule has 1 amide bonds. The van der Waals surface area contributed by atoms with Crippen LogP contribution in [0.15, 0.2) is 0 Å². The minimum atomic E-state index is 0.0292. The molecule has 2 aliphatic heterocycles. The van der Waals surface area contributed by atoms with E-state index in [4.69, 9.17) is 9.47 Å². The van der Waals surface area contributed by atoms with Crippen molar-refractivity contribution in [3.05, 3.63) is 0 Å². The third-order valence-electron chi connectivity index (χ3n) is 3.65. The van der Waals surface area contributed by atoms with Crippen LogP contribution < -0.4 is 10.6 Å². The third kappa shape index (κ3) is 4.92. The largest absolute Gasteiger partial charge is 0.376 e. The van der Waals surface area contributed by atoms with Gasteiger partial charge in [-0.05, 0) is 38.3 Å². The van der Waals surface area contributed by atoms with Gasteiger partial charge < -0.3 is 20.1 Å². The molecular formula is C13H24N2O3. The van der Waals surface area contributed by atoms with Gasteiger partial charge in [0.1, 0.15) is 0 Å². The first-order chi connectivity index (χ1) is 8.84. The highest BCUT2D eigenvalue weighted by Gasteiger charge is 2.17. The first-order valence-corrected chi connectivity index (χ1v) is 7.01. The summed E-state index contributed by atoms with van der Waals surface area (Å²) >= 11 is 0. The van der Waals surface area contributed by atoms with Crippen molar-refractivity contribution in [3.8, 4) is 0 Å². The van der Waals surface area contributed by atoms with Gasteiger partial charge in [0.25, 0.3) is 0 Å². The highest BCUT2D eigenvalue weighted by molar-refractivity contribution is 5.75. The summed E-state index contributed by atoms with van der Waals surface area (Å²) < 4.78 is 10.8. The van der Waals surface area contributed by atoms with Crippen molar-refractivity contribution in [1.82, 2.24) is 10.6 Å². The van der Waals surface area contributed by atoms with Crippen molar-refractivity contribution in [3.63, 3.8) is 0 Å². The topological polar surface area (TPSA) is 59.6 Å². The highest BCUT2D eigenvalue weighted by atomic mass is 16.6. The average Bonchev–Trinajstić information content (AvgIpc) is 2.45. The van der Waals surface area contributed by atoms with E-state index in [2.05, 4.69) is 10.6 Å². The number of carbonyl (C=O) groups excluding carboxylic acids is 1. The number of ether oxygens (including phenoxy) is 2. The Hall–Kier alpha value is -0.650. The quantitative estimate of drug-likeness (QED) is 0.742. The molecule has 0 bridgehead atoms. The molecule has 1 atom stereocenters. The molecule has 0 radical (unpaired) electrons. The Morgan fingerprint density at radius 2 is 2.11 bits per heavy atom. The van der Waals surface area contributed by atoms with Crippen molar-refractivity contribution >= 4 is 5.91 Å². The molecule has 1 unspecified atom stereocenters. The molecule has 5 nitrogen and oxygen atoms in total.